The third kappa shape index (κ3) is 4.23. The normalized spacial score (nSPS) is 11.8. The molecule has 1 amide bonds. The number of halogens is 1. The molecule has 2 aromatic carbocycles. The molecule has 0 aliphatic carbocycles. The van der Waals surface area contributed by atoms with Gasteiger partial charge in [-0.1, -0.05) is 35.4 Å². The maximum Gasteiger partial charge on any atom is 0.265 e. The van der Waals surface area contributed by atoms with E-state index < -0.39 is 6.10 Å². The zero-order valence-electron chi connectivity index (χ0n) is 12.3. The fourth-order valence-corrected chi connectivity index (χ4v) is 2.17. The van der Waals surface area contributed by atoms with Crippen LogP contribution in [0.1, 0.15) is 18.1 Å². The van der Waals surface area contributed by atoms with Gasteiger partial charge >= 0.3 is 0 Å². The van der Waals surface area contributed by atoms with Crippen molar-refractivity contribution in [2.75, 3.05) is 5.32 Å². The Hall–Kier alpha value is -2.00. The number of hydrogen-bond acceptors (Lipinski definition) is 2. The molecule has 0 bridgehead atoms. The van der Waals surface area contributed by atoms with Crippen LogP contribution in [-0.2, 0) is 4.79 Å². The summed E-state index contributed by atoms with van der Waals surface area (Å²) in [6, 6.07) is 12.9. The smallest absolute Gasteiger partial charge is 0.265 e. The Bertz CT molecular complexity index is 655. The maximum atomic E-state index is 12.2. The first kappa shape index (κ1) is 15.4. The van der Waals surface area contributed by atoms with Crippen LogP contribution in [0.4, 0.5) is 5.69 Å². The third-order valence-corrected chi connectivity index (χ3v) is 3.35. The molecule has 0 radical (unpaired) electrons. The molecule has 0 aromatic heterocycles. The van der Waals surface area contributed by atoms with Crippen molar-refractivity contribution in [1.29, 1.82) is 0 Å². The predicted molar refractivity (Wildman–Crippen MR) is 86.1 cm³/mol. The minimum atomic E-state index is -0.607. The summed E-state index contributed by atoms with van der Waals surface area (Å²) in [5.41, 5.74) is 2.99. The summed E-state index contributed by atoms with van der Waals surface area (Å²) >= 11 is 5.89. The van der Waals surface area contributed by atoms with Gasteiger partial charge in [0.15, 0.2) is 6.10 Å². The molecule has 0 fully saturated rings. The number of amides is 1. The highest BCUT2D eigenvalue weighted by Crippen LogP contribution is 2.20. The number of hydrogen-bond donors (Lipinski definition) is 1. The van der Waals surface area contributed by atoms with Crippen molar-refractivity contribution in [3.8, 4) is 5.75 Å². The van der Waals surface area contributed by atoms with Gasteiger partial charge in [0.05, 0.1) is 0 Å². The highest BCUT2D eigenvalue weighted by Gasteiger charge is 2.15. The topological polar surface area (TPSA) is 38.3 Å². The van der Waals surface area contributed by atoms with E-state index >= 15 is 0 Å². The van der Waals surface area contributed by atoms with Crippen LogP contribution in [0.15, 0.2) is 42.5 Å². The van der Waals surface area contributed by atoms with Crippen LogP contribution in [0.25, 0.3) is 0 Å². The monoisotopic (exact) mass is 303 g/mol. The number of ether oxygens (including phenoxy) is 1. The van der Waals surface area contributed by atoms with Gasteiger partial charge in [0.2, 0.25) is 0 Å². The van der Waals surface area contributed by atoms with Crippen LogP contribution in [0.3, 0.4) is 0 Å². The molecular weight excluding hydrogens is 286 g/mol. The van der Waals surface area contributed by atoms with Crippen LogP contribution in [0.5, 0.6) is 5.75 Å². The zero-order chi connectivity index (χ0) is 15.4. The van der Waals surface area contributed by atoms with E-state index in [2.05, 4.69) is 5.32 Å². The molecule has 0 spiro atoms. The maximum absolute atomic E-state index is 12.2. The molecule has 3 nitrogen and oxygen atoms in total. The molecule has 0 unspecified atom stereocenters. The first-order valence-corrected chi connectivity index (χ1v) is 7.14. The van der Waals surface area contributed by atoms with E-state index in [-0.39, 0.29) is 5.91 Å². The summed E-state index contributed by atoms with van der Waals surface area (Å²) < 4.78 is 5.60. The van der Waals surface area contributed by atoms with Gasteiger partial charge in [-0.15, -0.1) is 0 Å². The van der Waals surface area contributed by atoms with Gasteiger partial charge in [-0.3, -0.25) is 4.79 Å². The Kier molecular flexibility index (Phi) is 4.86. The van der Waals surface area contributed by atoms with Crippen LogP contribution in [0, 0.1) is 13.8 Å². The summed E-state index contributed by atoms with van der Waals surface area (Å²) in [7, 11) is 0. The van der Waals surface area contributed by atoms with Crippen molar-refractivity contribution >= 4 is 23.2 Å². The molecule has 1 N–H and O–H groups in total. The lowest BCUT2D eigenvalue weighted by atomic mass is 10.1. The zero-order valence-corrected chi connectivity index (χ0v) is 13.1. The van der Waals surface area contributed by atoms with Gasteiger partial charge in [-0.25, -0.2) is 0 Å². The first-order valence-electron chi connectivity index (χ1n) is 6.76. The Balaban J connectivity index is 2.02. The molecule has 21 heavy (non-hydrogen) atoms. The van der Waals surface area contributed by atoms with Gasteiger partial charge < -0.3 is 10.1 Å². The van der Waals surface area contributed by atoms with Gasteiger partial charge in [-0.05, 0) is 50.6 Å². The number of carbonyl (C=O) groups excluding carboxylic acids is 1. The van der Waals surface area contributed by atoms with Crippen LogP contribution >= 0.6 is 11.6 Å². The standard InChI is InChI=1S/C17H18ClNO2/c1-11-7-8-16(12(2)9-11)19-17(20)13(3)21-15-6-4-5-14(18)10-15/h4-10,13H,1-3H3,(H,19,20)/t13-/m0/s1. The Morgan fingerprint density at radius 2 is 1.95 bits per heavy atom. The second-order valence-corrected chi connectivity index (χ2v) is 5.46. The van der Waals surface area contributed by atoms with E-state index in [9.17, 15) is 4.79 Å². The third-order valence-electron chi connectivity index (χ3n) is 3.12. The molecular formula is C17H18ClNO2. The Labute approximate surface area is 129 Å². The average molecular weight is 304 g/mol. The minimum absolute atomic E-state index is 0.193. The van der Waals surface area contributed by atoms with E-state index in [4.69, 9.17) is 16.3 Å². The largest absolute Gasteiger partial charge is 0.481 e. The fourth-order valence-electron chi connectivity index (χ4n) is 1.99. The summed E-state index contributed by atoms with van der Waals surface area (Å²) in [4.78, 5) is 12.2. The molecule has 0 saturated heterocycles. The number of carbonyl (C=O) groups is 1. The van der Waals surface area contributed by atoms with Gasteiger partial charge in [0, 0.05) is 10.7 Å². The van der Waals surface area contributed by atoms with E-state index in [1.165, 1.54) is 0 Å². The number of anilines is 1. The molecule has 1 atom stereocenters. The molecule has 4 heteroatoms. The minimum Gasteiger partial charge on any atom is -0.481 e. The van der Waals surface area contributed by atoms with E-state index in [0.29, 0.717) is 10.8 Å². The van der Waals surface area contributed by atoms with E-state index in [1.54, 1.807) is 31.2 Å². The number of aryl methyl sites for hydroxylation is 2. The number of nitrogens with one attached hydrogen (secondary N) is 1. The van der Waals surface area contributed by atoms with Crippen molar-refractivity contribution in [1.82, 2.24) is 0 Å². The quantitative estimate of drug-likeness (QED) is 0.911. The fraction of sp³-hybridized carbons (Fsp3) is 0.235. The van der Waals surface area contributed by atoms with Crippen molar-refractivity contribution in [2.24, 2.45) is 0 Å². The van der Waals surface area contributed by atoms with Gasteiger partial charge in [-0.2, -0.15) is 0 Å². The molecule has 0 heterocycles. The lowest BCUT2D eigenvalue weighted by Crippen LogP contribution is -2.30. The summed E-state index contributed by atoms with van der Waals surface area (Å²) in [5, 5.41) is 3.45. The summed E-state index contributed by atoms with van der Waals surface area (Å²) in [6.45, 7) is 5.69. The molecule has 2 aromatic rings. The first-order chi connectivity index (χ1) is 9.95. The van der Waals surface area contributed by atoms with E-state index in [1.807, 2.05) is 32.0 Å². The highest BCUT2D eigenvalue weighted by atomic mass is 35.5. The summed E-state index contributed by atoms with van der Waals surface area (Å²) in [6.07, 6.45) is -0.607. The molecule has 0 aliphatic rings. The average Bonchev–Trinajstić information content (AvgIpc) is 2.41. The van der Waals surface area contributed by atoms with Crippen molar-refractivity contribution in [3.63, 3.8) is 0 Å². The van der Waals surface area contributed by atoms with Crippen molar-refractivity contribution in [3.05, 3.63) is 58.6 Å². The van der Waals surface area contributed by atoms with Crippen LogP contribution in [-0.4, -0.2) is 12.0 Å². The van der Waals surface area contributed by atoms with Crippen LogP contribution in [0.2, 0.25) is 5.02 Å². The molecule has 2 rings (SSSR count). The van der Waals surface area contributed by atoms with Gasteiger partial charge in [0.25, 0.3) is 5.91 Å². The number of rotatable bonds is 4. The van der Waals surface area contributed by atoms with Gasteiger partial charge in [0.1, 0.15) is 5.75 Å². The lowest BCUT2D eigenvalue weighted by Gasteiger charge is -2.16. The molecule has 0 aliphatic heterocycles. The van der Waals surface area contributed by atoms with Crippen LogP contribution < -0.4 is 10.1 Å². The highest BCUT2D eigenvalue weighted by molar-refractivity contribution is 6.30. The molecule has 110 valence electrons. The lowest BCUT2D eigenvalue weighted by molar-refractivity contribution is -0.122. The SMILES string of the molecule is Cc1ccc(NC(=O)[C@H](C)Oc2cccc(Cl)c2)c(C)c1. The molecule has 0 saturated carbocycles. The Morgan fingerprint density at radius 3 is 2.62 bits per heavy atom. The van der Waals surface area contributed by atoms with Crippen molar-refractivity contribution in [2.45, 2.75) is 26.9 Å². The second-order valence-electron chi connectivity index (χ2n) is 5.03. The predicted octanol–water partition coefficient (Wildman–Crippen LogP) is 4.36. The Morgan fingerprint density at radius 1 is 1.19 bits per heavy atom. The second kappa shape index (κ2) is 6.64. The summed E-state index contributed by atoms with van der Waals surface area (Å²) in [5.74, 6) is 0.382. The van der Waals surface area contributed by atoms with E-state index in [0.717, 1.165) is 16.8 Å². The number of benzene rings is 2. The van der Waals surface area contributed by atoms with Crippen molar-refractivity contribution < 1.29 is 9.53 Å².